The lowest BCUT2D eigenvalue weighted by Gasteiger charge is -2.36. The van der Waals surface area contributed by atoms with Crippen LogP contribution in [-0.4, -0.2) is 27.9 Å². The van der Waals surface area contributed by atoms with Crippen LogP contribution in [0.5, 0.6) is 0 Å². The van der Waals surface area contributed by atoms with Gasteiger partial charge in [-0.1, -0.05) is 25.1 Å². The van der Waals surface area contributed by atoms with Crippen molar-refractivity contribution < 1.29 is 36.4 Å². The summed E-state index contributed by atoms with van der Waals surface area (Å²) in [6, 6.07) is 6.35. The predicted molar refractivity (Wildman–Crippen MR) is 109 cm³/mol. The van der Waals surface area contributed by atoms with Gasteiger partial charge in [0.1, 0.15) is 11.6 Å². The molecule has 2 aromatic carbocycles. The number of carbonyl (C=O) groups excluding carboxylic acids is 1. The van der Waals surface area contributed by atoms with E-state index in [-0.39, 0.29) is 22.2 Å². The lowest BCUT2D eigenvalue weighted by Crippen LogP contribution is -2.57. The molecule has 0 fully saturated rings. The van der Waals surface area contributed by atoms with Crippen LogP contribution in [-0.2, 0) is 10.2 Å². The topological polar surface area (TPSA) is 92.4 Å². The Balaban J connectivity index is 2.01. The average molecular weight is 470 g/mol. The zero-order valence-electron chi connectivity index (χ0n) is 17.7. The minimum atomic E-state index is -5.48. The largest absolute Gasteiger partial charge is 0.426 e. The molecule has 0 saturated carbocycles. The normalized spacial score (nSPS) is 14.2. The number of hydrogen-bond donors (Lipinski definition) is 2. The summed E-state index contributed by atoms with van der Waals surface area (Å²) in [7, 11) is 0. The third kappa shape index (κ3) is 4.45. The number of aryl methyl sites for hydroxylation is 1. The summed E-state index contributed by atoms with van der Waals surface area (Å²) in [6.45, 7) is 3.65. The summed E-state index contributed by atoms with van der Waals surface area (Å²) in [4.78, 5) is 24.4. The van der Waals surface area contributed by atoms with E-state index < -0.39 is 52.3 Å². The lowest BCUT2D eigenvalue weighted by molar-refractivity contribution is -0.254. The number of anilines is 1. The molecule has 1 amide bonds. The number of carbonyl (C=O) groups is 1. The van der Waals surface area contributed by atoms with Gasteiger partial charge in [-0.05, 0) is 42.7 Å². The Bertz CT molecular complexity index is 1270. The molecule has 1 aromatic heterocycles. The number of amides is 1. The third-order valence-electron chi connectivity index (χ3n) is 5.33. The van der Waals surface area contributed by atoms with Gasteiger partial charge in [0.15, 0.2) is 0 Å². The zero-order chi connectivity index (χ0) is 24.8. The van der Waals surface area contributed by atoms with E-state index in [0.717, 1.165) is 38.1 Å². The van der Waals surface area contributed by atoms with Crippen molar-refractivity contribution in [2.75, 3.05) is 5.32 Å². The molecule has 0 aliphatic heterocycles. The van der Waals surface area contributed by atoms with Gasteiger partial charge in [-0.2, -0.15) is 13.2 Å². The van der Waals surface area contributed by atoms with Crippen molar-refractivity contribution in [1.82, 2.24) is 5.16 Å². The Hall–Kier alpha value is -3.34. The standard InChI is InChI=1S/C22H19F5N2O4/c1-11-14-9-12(7-8-13(14)18(30)33-29-11)28-19(31)21(32,22(25,26)27)10-20(2,3)17-15(23)5-4-6-16(17)24/h4-9,32H,10H2,1-3H3,(H,28,31). The van der Waals surface area contributed by atoms with E-state index >= 15 is 0 Å². The fourth-order valence-electron chi connectivity index (χ4n) is 3.72. The molecule has 6 nitrogen and oxygen atoms in total. The average Bonchev–Trinajstić information content (AvgIpc) is 2.69. The third-order valence-corrected chi connectivity index (χ3v) is 5.33. The van der Waals surface area contributed by atoms with Crippen LogP contribution in [0.4, 0.5) is 27.6 Å². The maximum atomic E-state index is 14.2. The van der Waals surface area contributed by atoms with E-state index in [1.165, 1.54) is 19.1 Å². The van der Waals surface area contributed by atoms with E-state index in [9.17, 15) is 36.6 Å². The maximum Gasteiger partial charge on any atom is 0.426 e. The van der Waals surface area contributed by atoms with Gasteiger partial charge in [0.25, 0.3) is 5.91 Å². The van der Waals surface area contributed by atoms with Crippen molar-refractivity contribution >= 4 is 22.4 Å². The molecule has 0 aliphatic carbocycles. The molecule has 176 valence electrons. The first-order valence-corrected chi connectivity index (χ1v) is 9.63. The highest BCUT2D eigenvalue weighted by atomic mass is 19.4. The van der Waals surface area contributed by atoms with Crippen LogP contribution in [0.2, 0.25) is 0 Å². The van der Waals surface area contributed by atoms with Gasteiger partial charge in [0.2, 0.25) is 5.60 Å². The van der Waals surface area contributed by atoms with Gasteiger partial charge in [-0.25, -0.2) is 13.6 Å². The summed E-state index contributed by atoms with van der Waals surface area (Å²) >= 11 is 0. The second-order valence-corrected chi connectivity index (χ2v) is 8.29. The van der Waals surface area contributed by atoms with Gasteiger partial charge < -0.3 is 14.9 Å². The number of fused-ring (bicyclic) bond motifs is 1. The summed E-state index contributed by atoms with van der Waals surface area (Å²) < 4.78 is 74.8. The molecule has 1 heterocycles. The van der Waals surface area contributed by atoms with Gasteiger partial charge >= 0.3 is 11.8 Å². The molecular weight excluding hydrogens is 451 g/mol. The molecule has 1 atom stereocenters. The molecule has 0 radical (unpaired) electrons. The second-order valence-electron chi connectivity index (χ2n) is 8.29. The van der Waals surface area contributed by atoms with E-state index in [4.69, 9.17) is 0 Å². The van der Waals surface area contributed by atoms with Crippen LogP contribution in [0, 0.1) is 18.6 Å². The first kappa shape index (κ1) is 24.3. The van der Waals surface area contributed by atoms with Crippen LogP contribution in [0.15, 0.2) is 45.7 Å². The van der Waals surface area contributed by atoms with Gasteiger partial charge in [0, 0.05) is 23.1 Å². The zero-order valence-corrected chi connectivity index (χ0v) is 17.7. The molecule has 0 spiro atoms. The highest BCUT2D eigenvalue weighted by molar-refractivity contribution is 5.99. The summed E-state index contributed by atoms with van der Waals surface area (Å²) in [5.41, 5.74) is -7.33. The number of aromatic nitrogens is 1. The van der Waals surface area contributed by atoms with Gasteiger partial charge in [-0.3, -0.25) is 4.79 Å². The summed E-state index contributed by atoms with van der Waals surface area (Å²) in [5, 5.41) is 16.3. The Labute approximate surface area is 184 Å². The van der Waals surface area contributed by atoms with Crippen molar-refractivity contribution in [2.24, 2.45) is 0 Å². The Morgan fingerprint density at radius 2 is 1.70 bits per heavy atom. The number of nitrogens with one attached hydrogen (secondary N) is 1. The number of alkyl halides is 3. The van der Waals surface area contributed by atoms with E-state index in [1.54, 1.807) is 0 Å². The molecule has 3 rings (SSSR count). The van der Waals surface area contributed by atoms with Crippen molar-refractivity contribution in [1.29, 1.82) is 0 Å². The SMILES string of the molecule is Cc1noc(=O)c2ccc(NC(=O)C(O)(CC(C)(C)c3c(F)cccc3F)C(F)(F)F)cc12. The summed E-state index contributed by atoms with van der Waals surface area (Å²) in [5.74, 6) is -4.07. The fourth-order valence-corrected chi connectivity index (χ4v) is 3.72. The first-order valence-electron chi connectivity index (χ1n) is 9.63. The smallest absolute Gasteiger partial charge is 0.373 e. The minimum absolute atomic E-state index is 0.0859. The lowest BCUT2D eigenvalue weighted by atomic mass is 9.74. The number of nitrogens with zero attached hydrogens (tertiary/aromatic N) is 1. The number of benzene rings is 2. The van der Waals surface area contributed by atoms with Gasteiger partial charge in [0.05, 0.1) is 11.1 Å². The van der Waals surface area contributed by atoms with Crippen molar-refractivity contribution in [3.63, 3.8) is 0 Å². The van der Waals surface area contributed by atoms with Crippen molar-refractivity contribution in [2.45, 2.75) is 44.4 Å². The van der Waals surface area contributed by atoms with E-state index in [2.05, 4.69) is 9.68 Å². The van der Waals surface area contributed by atoms with Gasteiger partial charge in [-0.15, -0.1) is 0 Å². The Kier molecular flexibility index (Phi) is 6.05. The highest BCUT2D eigenvalue weighted by Gasteiger charge is 2.61. The molecule has 0 bridgehead atoms. The minimum Gasteiger partial charge on any atom is -0.373 e. The van der Waals surface area contributed by atoms with Crippen LogP contribution in [0.1, 0.15) is 31.5 Å². The number of hydrogen-bond acceptors (Lipinski definition) is 5. The van der Waals surface area contributed by atoms with E-state index in [1.807, 2.05) is 5.32 Å². The molecule has 11 heteroatoms. The van der Waals surface area contributed by atoms with Crippen LogP contribution < -0.4 is 10.9 Å². The molecular formula is C22H19F5N2O4. The number of aliphatic hydroxyl groups is 1. The Morgan fingerprint density at radius 1 is 1.09 bits per heavy atom. The van der Waals surface area contributed by atoms with Crippen LogP contribution >= 0.6 is 0 Å². The van der Waals surface area contributed by atoms with Crippen molar-refractivity contribution in [3.05, 3.63) is 69.7 Å². The monoisotopic (exact) mass is 470 g/mol. The Morgan fingerprint density at radius 3 is 2.27 bits per heavy atom. The quantitative estimate of drug-likeness (QED) is 0.541. The molecule has 1 unspecified atom stereocenters. The molecule has 33 heavy (non-hydrogen) atoms. The maximum absolute atomic E-state index is 14.2. The van der Waals surface area contributed by atoms with Crippen LogP contribution in [0.3, 0.4) is 0 Å². The fraction of sp³-hybridized carbons (Fsp3) is 0.318. The number of rotatable bonds is 5. The molecule has 2 N–H and O–H groups in total. The van der Waals surface area contributed by atoms with Crippen LogP contribution in [0.25, 0.3) is 10.8 Å². The molecule has 3 aromatic rings. The second kappa shape index (κ2) is 8.22. The number of halogens is 5. The summed E-state index contributed by atoms with van der Waals surface area (Å²) in [6.07, 6.45) is -6.85. The molecule has 0 aliphatic rings. The first-order chi connectivity index (χ1) is 15.2. The highest BCUT2D eigenvalue weighted by Crippen LogP contribution is 2.43. The van der Waals surface area contributed by atoms with E-state index in [0.29, 0.717) is 0 Å². The van der Waals surface area contributed by atoms with Crippen molar-refractivity contribution in [3.8, 4) is 0 Å². The predicted octanol–water partition coefficient (Wildman–Crippen LogP) is 4.37. The molecule has 0 saturated heterocycles.